The third-order valence-electron chi connectivity index (χ3n) is 1.90. The average Bonchev–Trinajstić information content (AvgIpc) is 2.64. The van der Waals surface area contributed by atoms with Crippen LogP contribution < -0.4 is 5.43 Å². The van der Waals surface area contributed by atoms with Crippen molar-refractivity contribution >= 4 is 11.6 Å². The van der Waals surface area contributed by atoms with Crippen LogP contribution in [0.25, 0.3) is 0 Å². The predicted molar refractivity (Wildman–Crippen MR) is 46.3 cm³/mol. The van der Waals surface area contributed by atoms with Crippen LogP contribution >= 0.6 is 0 Å². The molecule has 0 bridgehead atoms. The summed E-state index contributed by atoms with van der Waals surface area (Å²) < 4.78 is 37.0. The van der Waals surface area contributed by atoms with Crippen LogP contribution in [0.4, 0.5) is 13.2 Å². The van der Waals surface area contributed by atoms with Gasteiger partial charge in [0.1, 0.15) is 12.0 Å². The molecule has 0 unspecified atom stereocenters. The van der Waals surface area contributed by atoms with Gasteiger partial charge in [-0.15, -0.1) is 0 Å². The Morgan fingerprint density at radius 2 is 2.06 bits per heavy atom. The van der Waals surface area contributed by atoms with Crippen molar-refractivity contribution in [1.29, 1.82) is 0 Å². The summed E-state index contributed by atoms with van der Waals surface area (Å²) in [6.07, 6.45) is -3.81. The minimum Gasteiger partial charge on any atom is -0.273 e. The molecule has 5 nitrogen and oxygen atoms in total. The highest BCUT2D eigenvalue weighted by molar-refractivity contribution is 6.12. The molecule has 0 spiro atoms. The van der Waals surface area contributed by atoms with Crippen LogP contribution in [-0.4, -0.2) is 21.6 Å². The molecule has 0 atom stereocenters. The predicted octanol–water partition coefficient (Wildman–Crippen LogP) is 0.719. The Bertz CT molecular complexity index is 469. The van der Waals surface area contributed by atoms with Crippen molar-refractivity contribution in [3.8, 4) is 0 Å². The molecular formula is C8H5F3N4O. The Morgan fingerprint density at radius 3 is 2.62 bits per heavy atom. The molecule has 1 aliphatic heterocycles. The fourth-order valence-electron chi connectivity index (χ4n) is 1.18. The van der Waals surface area contributed by atoms with Gasteiger partial charge < -0.3 is 0 Å². The minimum absolute atomic E-state index is 0.000625. The molecule has 8 heteroatoms. The Balaban J connectivity index is 2.33. The van der Waals surface area contributed by atoms with E-state index in [1.807, 2.05) is 0 Å². The molecule has 2 heterocycles. The number of hydrazone groups is 1. The van der Waals surface area contributed by atoms with Crippen LogP contribution in [0.2, 0.25) is 0 Å². The summed E-state index contributed by atoms with van der Waals surface area (Å²) in [4.78, 5) is 17.6. The van der Waals surface area contributed by atoms with E-state index in [4.69, 9.17) is 0 Å². The maximum absolute atomic E-state index is 12.3. The van der Waals surface area contributed by atoms with E-state index >= 15 is 0 Å². The summed E-state index contributed by atoms with van der Waals surface area (Å²) >= 11 is 0. The van der Waals surface area contributed by atoms with Gasteiger partial charge in [0, 0.05) is 0 Å². The minimum atomic E-state index is -4.53. The van der Waals surface area contributed by atoms with Gasteiger partial charge in [0.05, 0.1) is 17.8 Å². The number of carbonyl (C=O) groups excluding carboxylic acids is 1. The molecule has 1 aromatic rings. The fourth-order valence-corrected chi connectivity index (χ4v) is 1.18. The summed E-state index contributed by atoms with van der Waals surface area (Å²) in [5.41, 5.74) is 1.26. The van der Waals surface area contributed by atoms with Gasteiger partial charge in [-0.05, 0) is 6.07 Å². The van der Waals surface area contributed by atoms with Crippen molar-refractivity contribution in [3.63, 3.8) is 0 Å². The number of hydrogen-bond donors (Lipinski definition) is 1. The van der Waals surface area contributed by atoms with Crippen LogP contribution in [0.15, 0.2) is 17.5 Å². The van der Waals surface area contributed by atoms with Gasteiger partial charge >= 0.3 is 6.18 Å². The molecule has 1 N–H and O–H groups in total. The molecular weight excluding hydrogens is 225 g/mol. The first-order chi connectivity index (χ1) is 7.47. The first-order valence-corrected chi connectivity index (χ1v) is 4.22. The molecule has 0 radical (unpaired) electrons. The smallest absolute Gasteiger partial charge is 0.273 e. The molecule has 1 amide bonds. The van der Waals surface area contributed by atoms with E-state index < -0.39 is 11.9 Å². The zero-order chi connectivity index (χ0) is 11.8. The summed E-state index contributed by atoms with van der Waals surface area (Å²) in [6.45, 7) is 0. The monoisotopic (exact) mass is 230 g/mol. The molecule has 16 heavy (non-hydrogen) atoms. The van der Waals surface area contributed by atoms with Crippen LogP contribution in [0, 0.1) is 0 Å². The normalized spacial score (nSPS) is 15.9. The summed E-state index contributed by atoms with van der Waals surface area (Å²) in [5.74, 6) is -0.373. The number of aromatic nitrogens is 2. The molecule has 0 fully saturated rings. The van der Waals surface area contributed by atoms with E-state index in [1.54, 1.807) is 0 Å². The second-order valence-electron chi connectivity index (χ2n) is 3.06. The average molecular weight is 230 g/mol. The highest BCUT2D eigenvalue weighted by atomic mass is 19.4. The van der Waals surface area contributed by atoms with E-state index in [0.29, 0.717) is 0 Å². The number of hydrogen-bond acceptors (Lipinski definition) is 4. The van der Waals surface area contributed by atoms with E-state index in [2.05, 4.69) is 20.5 Å². The highest BCUT2D eigenvalue weighted by Gasteiger charge is 2.33. The number of rotatable bonds is 1. The van der Waals surface area contributed by atoms with Gasteiger partial charge in [0.25, 0.3) is 0 Å². The molecule has 0 aromatic carbocycles. The summed E-state index contributed by atoms with van der Waals surface area (Å²) in [7, 11) is 0. The van der Waals surface area contributed by atoms with Crippen molar-refractivity contribution in [2.45, 2.75) is 12.6 Å². The molecule has 1 aromatic heterocycles. The van der Waals surface area contributed by atoms with E-state index in [-0.39, 0.29) is 23.7 Å². The van der Waals surface area contributed by atoms with Gasteiger partial charge in [-0.1, -0.05) is 0 Å². The quantitative estimate of drug-likeness (QED) is 0.772. The number of nitrogens with one attached hydrogen (secondary N) is 1. The van der Waals surface area contributed by atoms with Crippen LogP contribution in [0.3, 0.4) is 0 Å². The number of alkyl halides is 3. The van der Waals surface area contributed by atoms with Crippen LogP contribution in [0.5, 0.6) is 0 Å². The highest BCUT2D eigenvalue weighted by Crippen LogP contribution is 2.27. The molecule has 0 saturated carbocycles. The topological polar surface area (TPSA) is 67.2 Å². The first-order valence-electron chi connectivity index (χ1n) is 4.22. The fraction of sp³-hybridized carbons (Fsp3) is 0.250. The number of nitrogens with zero attached hydrogens (tertiary/aromatic N) is 3. The third-order valence-corrected chi connectivity index (χ3v) is 1.90. The molecule has 0 saturated heterocycles. The van der Waals surface area contributed by atoms with E-state index in [0.717, 1.165) is 12.4 Å². The number of halogens is 3. The summed E-state index contributed by atoms with van der Waals surface area (Å²) in [6, 6.07) is 0.763. The standard InChI is InChI=1S/C8H5F3N4O/c9-8(10,11)6-1-4(12-3-13-6)5-2-7(16)15-14-5/h1,3H,2H2,(H,15,16). The van der Waals surface area contributed by atoms with Crippen molar-refractivity contribution in [3.05, 3.63) is 23.8 Å². The van der Waals surface area contributed by atoms with Gasteiger partial charge in [0.15, 0.2) is 0 Å². The van der Waals surface area contributed by atoms with Crippen LogP contribution in [-0.2, 0) is 11.0 Å². The lowest BCUT2D eigenvalue weighted by molar-refractivity contribution is -0.141. The zero-order valence-electron chi connectivity index (χ0n) is 7.75. The molecule has 0 aliphatic carbocycles. The summed E-state index contributed by atoms with van der Waals surface area (Å²) in [5, 5.41) is 3.57. The van der Waals surface area contributed by atoms with Crippen molar-refractivity contribution in [2.24, 2.45) is 5.10 Å². The lowest BCUT2D eigenvalue weighted by Crippen LogP contribution is -2.12. The lowest BCUT2D eigenvalue weighted by Gasteiger charge is -2.05. The van der Waals surface area contributed by atoms with E-state index in [1.165, 1.54) is 0 Å². The largest absolute Gasteiger partial charge is 0.433 e. The second kappa shape index (κ2) is 3.54. The third kappa shape index (κ3) is 2.00. The first kappa shape index (κ1) is 10.5. The van der Waals surface area contributed by atoms with Gasteiger partial charge in [-0.3, -0.25) is 4.79 Å². The second-order valence-corrected chi connectivity index (χ2v) is 3.06. The van der Waals surface area contributed by atoms with Crippen molar-refractivity contribution in [2.75, 3.05) is 0 Å². The molecule has 1 aliphatic rings. The van der Waals surface area contributed by atoms with Gasteiger partial charge in [-0.2, -0.15) is 18.3 Å². The van der Waals surface area contributed by atoms with Crippen molar-refractivity contribution in [1.82, 2.24) is 15.4 Å². The maximum atomic E-state index is 12.3. The lowest BCUT2D eigenvalue weighted by atomic mass is 10.2. The van der Waals surface area contributed by atoms with Crippen molar-refractivity contribution < 1.29 is 18.0 Å². The SMILES string of the molecule is O=C1CC(c2cc(C(F)(F)F)ncn2)=NN1. The number of carbonyl (C=O) groups is 1. The Hall–Kier alpha value is -1.99. The van der Waals surface area contributed by atoms with Gasteiger partial charge in [0.2, 0.25) is 5.91 Å². The zero-order valence-corrected chi connectivity index (χ0v) is 7.75. The van der Waals surface area contributed by atoms with Crippen LogP contribution in [0.1, 0.15) is 17.8 Å². The van der Waals surface area contributed by atoms with Gasteiger partial charge in [-0.25, -0.2) is 15.4 Å². The molecule has 84 valence electrons. The van der Waals surface area contributed by atoms with E-state index in [9.17, 15) is 18.0 Å². The maximum Gasteiger partial charge on any atom is 0.433 e. The molecule has 2 rings (SSSR count). The Morgan fingerprint density at radius 1 is 1.31 bits per heavy atom. The number of amides is 1. The Labute approximate surface area is 87.4 Å². The Kier molecular flexibility index (Phi) is 2.33.